The van der Waals surface area contributed by atoms with E-state index < -0.39 is 0 Å². The fraction of sp³-hybridized carbons (Fsp3) is 0.885. The van der Waals surface area contributed by atoms with Gasteiger partial charge in [-0.3, -0.25) is 14.4 Å². The minimum atomic E-state index is -0.181. The molecular formula is C26H47Br3Cl2Na2O7. The number of alkyl halides is 4. The summed E-state index contributed by atoms with van der Waals surface area (Å²) in [4.78, 5) is 32.2. The van der Waals surface area contributed by atoms with E-state index >= 15 is 0 Å². The van der Waals surface area contributed by atoms with Crippen LogP contribution in [0.5, 0.6) is 0 Å². The number of halogens is 5. The van der Waals surface area contributed by atoms with Crippen LogP contribution in [0.25, 0.3) is 0 Å². The van der Waals surface area contributed by atoms with Crippen LogP contribution in [-0.4, -0.2) is 50.4 Å². The Hall–Kier alpha value is 2.55. The molecule has 2 aliphatic rings. The molecular weight excluding hydrogens is 781 g/mol. The van der Waals surface area contributed by atoms with Gasteiger partial charge in [-0.15, -0.1) is 23.2 Å². The average Bonchev–Trinajstić information content (AvgIpc) is 2.85. The molecule has 0 radical (unpaired) electrons. The average molecular weight is 828 g/mol. The van der Waals surface area contributed by atoms with Gasteiger partial charge in [-0.1, -0.05) is 86.2 Å². The summed E-state index contributed by atoms with van der Waals surface area (Å²) in [5, 5.41) is 19.0. The standard InChI is InChI=1S/C12H21BrO2.C10H20O.C2H2Br2O.CH2Cl2.CH2O3.2Na.H/c1-8(2)10-5-4-9(3)6-11(10)15-12(14)7-13;1-7(2)9-5-4-8(3)6-10(9)11;3-1-2(4)5;2-1-3;2-1-4-3;;;/h8-11H,4-7H2,1-3H3;7-11H,4-6H2,1-3H3;1H2;1H2;1,3H;;;/q;;;;;2*+1;-1/p-1/t9-,10+,11-;8-,9+,10-;;;;;;/m11....../s1. The zero-order valence-electron chi connectivity index (χ0n) is 26.3. The second-order valence-electron chi connectivity index (χ2n) is 10.2. The molecule has 0 heterocycles. The van der Waals surface area contributed by atoms with Crippen LogP contribution >= 0.6 is 71.0 Å². The van der Waals surface area contributed by atoms with Gasteiger partial charge in [-0.05, 0) is 77.1 Å². The SMILES string of the molecule is CC(C)[C@@H]1CC[C@@H](C)C[C@H]1O.CC(C)[C@@H]1CC[C@@H](C)C[C@H]1OC(=O)CBr.ClCCl.O=C(Br)CBr.O=CO[O-].[H-].[Na+].[Na+]. The van der Waals surface area contributed by atoms with Gasteiger partial charge in [0, 0.05) is 0 Å². The van der Waals surface area contributed by atoms with Crippen molar-refractivity contribution in [1.82, 2.24) is 0 Å². The van der Waals surface area contributed by atoms with Crippen LogP contribution in [0.1, 0.15) is 81.5 Å². The van der Waals surface area contributed by atoms with Crippen LogP contribution in [0.15, 0.2) is 0 Å². The molecule has 0 aromatic carbocycles. The number of rotatable bonds is 6. The van der Waals surface area contributed by atoms with Crippen molar-refractivity contribution >= 4 is 88.1 Å². The summed E-state index contributed by atoms with van der Waals surface area (Å²) in [6.45, 7) is 13.2. The summed E-state index contributed by atoms with van der Waals surface area (Å²) < 4.78 is 5.48. The molecule has 2 saturated carbocycles. The Kier molecular flexibility index (Phi) is 44.8. The molecule has 0 unspecified atom stereocenters. The number of hydrogen-bond acceptors (Lipinski definition) is 7. The van der Waals surface area contributed by atoms with Gasteiger partial charge in [-0.2, -0.15) is 0 Å². The molecule has 0 saturated heterocycles. The molecule has 1 N–H and O–H groups in total. The van der Waals surface area contributed by atoms with Gasteiger partial charge < -0.3 is 21.4 Å². The van der Waals surface area contributed by atoms with E-state index in [1.54, 1.807) is 0 Å². The maximum Gasteiger partial charge on any atom is 1.00 e. The van der Waals surface area contributed by atoms with E-state index in [0.29, 0.717) is 40.2 Å². The number of esters is 1. The molecule has 0 aromatic rings. The normalized spacial score (nSPS) is 24.7. The van der Waals surface area contributed by atoms with Crippen LogP contribution in [0.3, 0.4) is 0 Å². The zero-order chi connectivity index (χ0) is 30.3. The summed E-state index contributed by atoms with van der Waals surface area (Å²) in [6, 6.07) is 0. The first-order chi connectivity index (χ1) is 17.7. The fourth-order valence-corrected chi connectivity index (χ4v) is 4.73. The molecule has 6 atom stereocenters. The summed E-state index contributed by atoms with van der Waals surface area (Å²) in [7, 11) is 0. The van der Waals surface area contributed by atoms with Crippen LogP contribution in [0.2, 0.25) is 0 Å². The fourth-order valence-electron chi connectivity index (χ4n) is 4.60. The third kappa shape index (κ3) is 30.6. The molecule has 0 aromatic heterocycles. The number of carbonyl (C=O) groups excluding carboxylic acids is 3. The molecule has 0 bridgehead atoms. The second-order valence-corrected chi connectivity index (χ2v) is 13.0. The van der Waals surface area contributed by atoms with Crippen molar-refractivity contribution in [3.05, 3.63) is 0 Å². The van der Waals surface area contributed by atoms with Gasteiger partial charge in [0.2, 0.25) is 4.69 Å². The van der Waals surface area contributed by atoms with Crippen molar-refractivity contribution in [3.8, 4) is 0 Å². The Balaban J connectivity index is -0.000000104. The predicted molar refractivity (Wildman–Crippen MR) is 165 cm³/mol. The summed E-state index contributed by atoms with van der Waals surface area (Å²) in [6.07, 6.45) is 7.15. The maximum atomic E-state index is 11.3. The molecule has 14 heteroatoms. The second kappa shape index (κ2) is 34.4. The summed E-state index contributed by atoms with van der Waals surface area (Å²) in [5.41, 5.74) is 0. The van der Waals surface area contributed by atoms with E-state index in [0.717, 1.165) is 18.8 Å². The Bertz CT molecular complexity index is 619. The van der Waals surface area contributed by atoms with Crippen molar-refractivity contribution in [2.24, 2.45) is 35.5 Å². The Morgan fingerprint density at radius 1 is 0.950 bits per heavy atom. The van der Waals surface area contributed by atoms with E-state index in [2.05, 4.69) is 94.2 Å². The van der Waals surface area contributed by atoms with Gasteiger partial charge in [-0.25, -0.2) is 0 Å². The molecule has 0 aliphatic heterocycles. The minimum Gasteiger partial charge on any atom is -1.00 e. The number of aliphatic hydroxyl groups is 1. The van der Waals surface area contributed by atoms with Gasteiger partial charge >= 0.3 is 65.1 Å². The van der Waals surface area contributed by atoms with E-state index in [1.807, 2.05) is 0 Å². The molecule has 230 valence electrons. The van der Waals surface area contributed by atoms with Gasteiger partial charge in [0.1, 0.15) is 11.4 Å². The van der Waals surface area contributed by atoms with Gasteiger partial charge in [0.05, 0.1) is 16.8 Å². The first kappa shape index (κ1) is 52.1. The predicted octanol–water partition coefficient (Wildman–Crippen LogP) is 1.10. The summed E-state index contributed by atoms with van der Waals surface area (Å²) >= 11 is 18.3. The van der Waals surface area contributed by atoms with E-state index in [-0.39, 0.29) is 95.2 Å². The Morgan fingerprint density at radius 2 is 1.32 bits per heavy atom. The maximum absolute atomic E-state index is 11.3. The molecule has 0 amide bonds. The van der Waals surface area contributed by atoms with Gasteiger partial charge in [0.25, 0.3) is 6.47 Å². The number of ether oxygens (including phenoxy) is 1. The first-order valence-corrected chi connectivity index (χ1v) is 16.9. The topological polar surface area (TPSA) is 113 Å². The Morgan fingerprint density at radius 3 is 1.62 bits per heavy atom. The zero-order valence-corrected chi connectivity index (χ0v) is 35.6. The monoisotopic (exact) mass is 824 g/mol. The van der Waals surface area contributed by atoms with E-state index in [1.165, 1.54) is 25.7 Å². The van der Waals surface area contributed by atoms with Crippen LogP contribution in [0, 0.1) is 35.5 Å². The molecule has 7 nitrogen and oxygen atoms in total. The largest absolute Gasteiger partial charge is 1.00 e. The third-order valence-electron chi connectivity index (χ3n) is 6.48. The Labute approximate surface area is 323 Å². The number of hydrogen-bond donors (Lipinski definition) is 1. The molecule has 2 rings (SSSR count). The first-order valence-electron chi connectivity index (χ1n) is 12.8. The van der Waals surface area contributed by atoms with Crippen LogP contribution in [-0.2, 0) is 24.0 Å². The summed E-state index contributed by atoms with van der Waals surface area (Å²) in [5.74, 6) is 3.66. The van der Waals surface area contributed by atoms with Crippen molar-refractivity contribution < 1.29 is 94.9 Å². The molecule has 0 spiro atoms. The van der Waals surface area contributed by atoms with Crippen LogP contribution in [0.4, 0.5) is 0 Å². The smallest absolute Gasteiger partial charge is 1.00 e. The number of aliphatic hydroxyl groups excluding tert-OH is 1. The van der Waals surface area contributed by atoms with E-state index in [4.69, 9.17) is 38.0 Å². The van der Waals surface area contributed by atoms with Crippen LogP contribution < -0.4 is 64.4 Å². The third-order valence-corrected chi connectivity index (χ3v) is 8.48. The van der Waals surface area contributed by atoms with Gasteiger partial charge in [0.15, 0.2) is 0 Å². The van der Waals surface area contributed by atoms with Crippen molar-refractivity contribution in [1.29, 1.82) is 0 Å². The minimum absolute atomic E-state index is 0. The van der Waals surface area contributed by atoms with Crippen molar-refractivity contribution in [2.75, 3.05) is 16.0 Å². The molecule has 2 fully saturated rings. The molecule has 40 heavy (non-hydrogen) atoms. The number of carbonyl (C=O) groups is 3. The van der Waals surface area contributed by atoms with Crippen molar-refractivity contribution in [2.45, 2.75) is 92.3 Å². The van der Waals surface area contributed by atoms with Crippen molar-refractivity contribution in [3.63, 3.8) is 0 Å². The van der Waals surface area contributed by atoms with E-state index in [9.17, 15) is 14.7 Å². The molecule has 2 aliphatic carbocycles. The quantitative estimate of drug-likeness (QED) is 0.0813.